The summed E-state index contributed by atoms with van der Waals surface area (Å²) < 4.78 is 5.71. The van der Waals surface area contributed by atoms with Gasteiger partial charge in [-0.3, -0.25) is 9.69 Å². The predicted molar refractivity (Wildman–Crippen MR) is 85.7 cm³/mol. The van der Waals surface area contributed by atoms with Crippen LogP contribution in [0.2, 0.25) is 0 Å². The highest BCUT2D eigenvalue weighted by molar-refractivity contribution is 5.85. The molecule has 4 N–H and O–H groups in total. The fourth-order valence-electron chi connectivity index (χ4n) is 2.35. The van der Waals surface area contributed by atoms with Crippen LogP contribution in [0.3, 0.4) is 0 Å². The number of rotatable bonds is 8. The molecule has 0 saturated heterocycles. The smallest absolute Gasteiger partial charge is 0.231 e. The summed E-state index contributed by atoms with van der Waals surface area (Å²) in [6.07, 6.45) is 1.15. The molecule has 120 valence electrons. The van der Waals surface area contributed by atoms with E-state index in [-0.39, 0.29) is 19.2 Å². The number of aliphatic hydroxyl groups excluding tert-OH is 1. The van der Waals surface area contributed by atoms with Crippen LogP contribution in [0.25, 0.3) is 10.9 Å². The number of H-pyrrole nitrogens is 1. The number of nitrogens with two attached hydrogens (primary N) is 1. The SMILES string of the molecule is CC(C)N(CC(N)=O)CC(O)COc1cccc2[nH]ccc12. The largest absolute Gasteiger partial charge is 0.490 e. The van der Waals surface area contributed by atoms with Gasteiger partial charge in [0.1, 0.15) is 18.5 Å². The highest BCUT2D eigenvalue weighted by Crippen LogP contribution is 2.24. The number of nitrogens with one attached hydrogen (secondary N) is 1. The van der Waals surface area contributed by atoms with Gasteiger partial charge in [-0.1, -0.05) is 6.07 Å². The van der Waals surface area contributed by atoms with Crippen molar-refractivity contribution in [2.24, 2.45) is 5.73 Å². The number of fused-ring (bicyclic) bond motifs is 1. The number of ether oxygens (including phenoxy) is 1. The maximum Gasteiger partial charge on any atom is 0.231 e. The van der Waals surface area contributed by atoms with Crippen LogP contribution < -0.4 is 10.5 Å². The lowest BCUT2D eigenvalue weighted by molar-refractivity contribution is -0.120. The van der Waals surface area contributed by atoms with E-state index in [9.17, 15) is 9.90 Å². The molecule has 1 atom stereocenters. The van der Waals surface area contributed by atoms with Crippen LogP contribution >= 0.6 is 0 Å². The van der Waals surface area contributed by atoms with Crippen molar-refractivity contribution < 1.29 is 14.6 Å². The summed E-state index contributed by atoms with van der Waals surface area (Å²) in [7, 11) is 0. The maximum absolute atomic E-state index is 11.1. The molecule has 0 spiro atoms. The van der Waals surface area contributed by atoms with E-state index >= 15 is 0 Å². The zero-order chi connectivity index (χ0) is 16.1. The molecule has 0 aliphatic carbocycles. The second-order valence-corrected chi connectivity index (χ2v) is 5.65. The summed E-state index contributed by atoms with van der Waals surface area (Å²) in [4.78, 5) is 16.0. The number of aromatic amines is 1. The lowest BCUT2D eigenvalue weighted by atomic mass is 10.2. The summed E-state index contributed by atoms with van der Waals surface area (Å²) in [5.74, 6) is 0.322. The number of carbonyl (C=O) groups is 1. The first-order valence-corrected chi connectivity index (χ1v) is 7.36. The van der Waals surface area contributed by atoms with Gasteiger partial charge in [0.25, 0.3) is 0 Å². The Bertz CT molecular complexity index is 624. The van der Waals surface area contributed by atoms with Crippen molar-refractivity contribution in [3.8, 4) is 5.75 Å². The number of hydrogen-bond donors (Lipinski definition) is 3. The molecule has 0 radical (unpaired) electrons. The van der Waals surface area contributed by atoms with Crippen molar-refractivity contribution in [1.29, 1.82) is 0 Å². The van der Waals surface area contributed by atoms with Gasteiger partial charge in [-0.25, -0.2) is 0 Å². The van der Waals surface area contributed by atoms with E-state index < -0.39 is 12.0 Å². The zero-order valence-corrected chi connectivity index (χ0v) is 13.0. The molecule has 22 heavy (non-hydrogen) atoms. The van der Waals surface area contributed by atoms with Crippen LogP contribution in [0, 0.1) is 0 Å². The van der Waals surface area contributed by atoms with Crippen LogP contribution in [0.1, 0.15) is 13.8 Å². The van der Waals surface area contributed by atoms with Crippen molar-refractivity contribution in [2.75, 3.05) is 19.7 Å². The molecular formula is C16H23N3O3. The molecule has 0 aliphatic heterocycles. The lowest BCUT2D eigenvalue weighted by Gasteiger charge is -2.27. The topological polar surface area (TPSA) is 91.6 Å². The first-order valence-electron chi connectivity index (χ1n) is 7.36. The normalized spacial score (nSPS) is 13.0. The third-order valence-electron chi connectivity index (χ3n) is 3.52. The van der Waals surface area contributed by atoms with E-state index in [4.69, 9.17) is 10.5 Å². The second kappa shape index (κ2) is 7.29. The van der Waals surface area contributed by atoms with Gasteiger partial charge in [0.15, 0.2) is 0 Å². The van der Waals surface area contributed by atoms with E-state index in [1.54, 1.807) is 0 Å². The Morgan fingerprint density at radius 3 is 2.86 bits per heavy atom. The van der Waals surface area contributed by atoms with Gasteiger partial charge < -0.3 is 20.6 Å². The highest BCUT2D eigenvalue weighted by Gasteiger charge is 2.17. The zero-order valence-electron chi connectivity index (χ0n) is 13.0. The monoisotopic (exact) mass is 305 g/mol. The van der Waals surface area contributed by atoms with Gasteiger partial charge in [0.05, 0.1) is 6.54 Å². The van der Waals surface area contributed by atoms with Crippen LogP contribution in [-0.2, 0) is 4.79 Å². The average molecular weight is 305 g/mol. The molecule has 0 fully saturated rings. The van der Waals surface area contributed by atoms with E-state index in [1.807, 2.05) is 49.2 Å². The van der Waals surface area contributed by atoms with Crippen molar-refractivity contribution in [3.63, 3.8) is 0 Å². The molecule has 1 unspecified atom stereocenters. The summed E-state index contributed by atoms with van der Waals surface area (Å²) in [5, 5.41) is 11.1. The van der Waals surface area contributed by atoms with E-state index in [2.05, 4.69) is 4.98 Å². The fraction of sp³-hybridized carbons (Fsp3) is 0.438. The Morgan fingerprint density at radius 2 is 2.18 bits per heavy atom. The highest BCUT2D eigenvalue weighted by atomic mass is 16.5. The minimum atomic E-state index is -0.698. The van der Waals surface area contributed by atoms with Gasteiger partial charge >= 0.3 is 0 Å². The summed E-state index contributed by atoms with van der Waals surface area (Å²) in [6, 6.07) is 7.78. The Labute approximate surface area is 129 Å². The number of nitrogens with zero attached hydrogens (tertiary/aromatic N) is 1. The second-order valence-electron chi connectivity index (χ2n) is 5.65. The van der Waals surface area contributed by atoms with Crippen LogP contribution in [0.5, 0.6) is 5.75 Å². The van der Waals surface area contributed by atoms with Crippen molar-refractivity contribution in [2.45, 2.75) is 26.0 Å². The first kappa shape index (κ1) is 16.3. The van der Waals surface area contributed by atoms with Gasteiger partial charge in [-0.15, -0.1) is 0 Å². The predicted octanol–water partition coefficient (Wildman–Crippen LogP) is 1.10. The summed E-state index contributed by atoms with van der Waals surface area (Å²) >= 11 is 0. The number of aromatic nitrogens is 1. The Kier molecular flexibility index (Phi) is 5.41. The van der Waals surface area contributed by atoms with Crippen molar-refractivity contribution in [1.82, 2.24) is 9.88 Å². The minimum Gasteiger partial charge on any atom is -0.490 e. The molecule has 0 saturated carbocycles. The van der Waals surface area contributed by atoms with E-state index in [0.29, 0.717) is 6.54 Å². The Hall–Kier alpha value is -2.05. The molecule has 1 aromatic heterocycles. The molecule has 6 heteroatoms. The third kappa shape index (κ3) is 4.22. The number of primary amides is 1. The van der Waals surface area contributed by atoms with E-state index in [1.165, 1.54) is 0 Å². The Balaban J connectivity index is 1.93. The number of aliphatic hydroxyl groups is 1. The van der Waals surface area contributed by atoms with Gasteiger partial charge in [0, 0.05) is 29.7 Å². The summed E-state index contributed by atoms with van der Waals surface area (Å²) in [6.45, 7) is 4.53. The molecule has 2 rings (SSSR count). The standard InChI is InChI=1S/C16H23N3O3/c1-11(2)19(9-16(17)21)8-12(20)10-22-15-5-3-4-14-13(15)6-7-18-14/h3-7,11-12,18,20H,8-10H2,1-2H3,(H2,17,21). The van der Waals surface area contributed by atoms with Crippen LogP contribution in [0.4, 0.5) is 0 Å². The van der Waals surface area contributed by atoms with Gasteiger partial charge in [0.2, 0.25) is 5.91 Å². The first-order chi connectivity index (χ1) is 10.5. The molecule has 2 aromatic rings. The van der Waals surface area contributed by atoms with Gasteiger partial charge in [-0.05, 0) is 32.0 Å². The maximum atomic E-state index is 11.1. The molecule has 1 aromatic carbocycles. The van der Waals surface area contributed by atoms with E-state index in [0.717, 1.165) is 16.7 Å². The molecule has 0 aliphatic rings. The molecule has 1 heterocycles. The quantitative estimate of drug-likeness (QED) is 0.681. The molecule has 6 nitrogen and oxygen atoms in total. The Morgan fingerprint density at radius 1 is 1.41 bits per heavy atom. The van der Waals surface area contributed by atoms with Crippen LogP contribution in [-0.4, -0.2) is 52.7 Å². The minimum absolute atomic E-state index is 0.121. The average Bonchev–Trinajstić information content (AvgIpc) is 2.92. The van der Waals surface area contributed by atoms with Gasteiger partial charge in [-0.2, -0.15) is 0 Å². The number of hydrogen-bond acceptors (Lipinski definition) is 4. The van der Waals surface area contributed by atoms with Crippen molar-refractivity contribution >= 4 is 16.8 Å². The molecular weight excluding hydrogens is 282 g/mol. The number of carbonyl (C=O) groups excluding carboxylic acids is 1. The lowest BCUT2D eigenvalue weighted by Crippen LogP contribution is -2.44. The molecule has 1 amide bonds. The fourth-order valence-corrected chi connectivity index (χ4v) is 2.35. The van der Waals surface area contributed by atoms with Crippen molar-refractivity contribution in [3.05, 3.63) is 30.5 Å². The molecule has 0 bridgehead atoms. The summed E-state index contributed by atoms with van der Waals surface area (Å²) in [5.41, 5.74) is 6.22. The number of amides is 1. The van der Waals surface area contributed by atoms with Crippen LogP contribution in [0.15, 0.2) is 30.5 Å². The third-order valence-corrected chi connectivity index (χ3v) is 3.52. The number of benzene rings is 1.